The molecule has 0 saturated carbocycles. The number of ether oxygens (including phenoxy) is 1. The van der Waals surface area contributed by atoms with Crippen LogP contribution in [0.15, 0.2) is 0 Å². The Kier molecular flexibility index (Phi) is 3.46. The quantitative estimate of drug-likeness (QED) is 0.562. The standard InChI is InChI=1S/C7H14ClNO/c1-9-4-5-10-7(6-9)2-3-8/h7H,2-6H2,1H3/t7-/m0/s1. The first kappa shape index (κ1) is 8.31. The minimum absolute atomic E-state index is 0.372. The first-order valence-electron chi connectivity index (χ1n) is 3.69. The van der Waals surface area contributed by atoms with Crippen LogP contribution < -0.4 is 0 Å². The monoisotopic (exact) mass is 163 g/mol. The first-order valence-corrected chi connectivity index (χ1v) is 4.22. The molecule has 1 heterocycles. The van der Waals surface area contributed by atoms with Crippen molar-refractivity contribution in [3.05, 3.63) is 0 Å². The van der Waals surface area contributed by atoms with E-state index in [0.29, 0.717) is 12.0 Å². The van der Waals surface area contributed by atoms with E-state index in [1.807, 2.05) is 0 Å². The van der Waals surface area contributed by atoms with Gasteiger partial charge in [-0.05, 0) is 13.5 Å². The van der Waals surface area contributed by atoms with Crippen LogP contribution in [-0.4, -0.2) is 43.6 Å². The molecule has 0 amide bonds. The molecular formula is C7H14ClNO. The molecule has 2 nitrogen and oxygen atoms in total. The van der Waals surface area contributed by atoms with Gasteiger partial charge in [0.25, 0.3) is 0 Å². The summed E-state index contributed by atoms with van der Waals surface area (Å²) in [5, 5.41) is 0. The summed E-state index contributed by atoms with van der Waals surface area (Å²) in [7, 11) is 2.11. The number of halogens is 1. The normalized spacial score (nSPS) is 28.8. The van der Waals surface area contributed by atoms with Gasteiger partial charge in [0, 0.05) is 19.0 Å². The van der Waals surface area contributed by atoms with Gasteiger partial charge in [-0.25, -0.2) is 0 Å². The number of morpholine rings is 1. The Labute approximate surface area is 67.1 Å². The Morgan fingerprint density at radius 3 is 3.10 bits per heavy atom. The number of alkyl halides is 1. The summed E-state index contributed by atoms with van der Waals surface area (Å²) in [5.41, 5.74) is 0. The molecule has 0 unspecified atom stereocenters. The van der Waals surface area contributed by atoms with E-state index in [0.717, 1.165) is 26.1 Å². The summed E-state index contributed by atoms with van der Waals surface area (Å²) in [5.74, 6) is 0.707. The van der Waals surface area contributed by atoms with E-state index in [1.165, 1.54) is 0 Å². The summed E-state index contributed by atoms with van der Waals surface area (Å²) >= 11 is 5.58. The van der Waals surface area contributed by atoms with Gasteiger partial charge in [0.1, 0.15) is 0 Å². The molecule has 1 aliphatic rings. The highest BCUT2D eigenvalue weighted by molar-refractivity contribution is 6.17. The highest BCUT2D eigenvalue weighted by Crippen LogP contribution is 2.06. The van der Waals surface area contributed by atoms with Crippen molar-refractivity contribution in [3.63, 3.8) is 0 Å². The molecule has 0 aromatic carbocycles. The van der Waals surface area contributed by atoms with Crippen molar-refractivity contribution in [2.24, 2.45) is 0 Å². The molecule has 1 saturated heterocycles. The van der Waals surface area contributed by atoms with Crippen molar-refractivity contribution in [2.75, 3.05) is 32.6 Å². The minimum atomic E-state index is 0.372. The van der Waals surface area contributed by atoms with Crippen molar-refractivity contribution in [3.8, 4) is 0 Å². The second-order valence-corrected chi connectivity index (χ2v) is 3.11. The molecule has 60 valence electrons. The van der Waals surface area contributed by atoms with E-state index in [9.17, 15) is 0 Å². The molecule has 0 aromatic rings. The van der Waals surface area contributed by atoms with Crippen LogP contribution in [0.25, 0.3) is 0 Å². The fourth-order valence-electron chi connectivity index (χ4n) is 1.16. The minimum Gasteiger partial charge on any atom is -0.376 e. The number of rotatable bonds is 2. The van der Waals surface area contributed by atoms with Crippen LogP contribution in [0.3, 0.4) is 0 Å². The van der Waals surface area contributed by atoms with Gasteiger partial charge < -0.3 is 9.64 Å². The van der Waals surface area contributed by atoms with Crippen LogP contribution in [0.4, 0.5) is 0 Å². The third kappa shape index (κ3) is 2.45. The highest BCUT2D eigenvalue weighted by atomic mass is 35.5. The van der Waals surface area contributed by atoms with Gasteiger partial charge in [-0.2, -0.15) is 0 Å². The fourth-order valence-corrected chi connectivity index (χ4v) is 1.41. The summed E-state index contributed by atoms with van der Waals surface area (Å²) in [4.78, 5) is 2.28. The molecule has 10 heavy (non-hydrogen) atoms. The molecule has 1 fully saturated rings. The Hall–Kier alpha value is 0.210. The van der Waals surface area contributed by atoms with Gasteiger partial charge in [-0.15, -0.1) is 11.6 Å². The summed E-state index contributed by atoms with van der Waals surface area (Å²) in [6, 6.07) is 0. The predicted octanol–water partition coefficient (Wildman–Crippen LogP) is 0.946. The maximum Gasteiger partial charge on any atom is 0.0713 e. The van der Waals surface area contributed by atoms with E-state index in [4.69, 9.17) is 16.3 Å². The van der Waals surface area contributed by atoms with E-state index < -0.39 is 0 Å². The lowest BCUT2D eigenvalue weighted by Crippen LogP contribution is -2.40. The SMILES string of the molecule is CN1CCO[C@@H](CCCl)C1. The third-order valence-corrected chi connectivity index (χ3v) is 1.99. The maximum absolute atomic E-state index is 5.58. The zero-order valence-corrected chi connectivity index (χ0v) is 7.10. The molecule has 0 aromatic heterocycles. The lowest BCUT2D eigenvalue weighted by molar-refractivity contribution is -0.0202. The topological polar surface area (TPSA) is 12.5 Å². The van der Waals surface area contributed by atoms with Crippen LogP contribution in [0, 0.1) is 0 Å². The van der Waals surface area contributed by atoms with Crippen molar-refractivity contribution >= 4 is 11.6 Å². The van der Waals surface area contributed by atoms with Crippen molar-refractivity contribution in [2.45, 2.75) is 12.5 Å². The molecular weight excluding hydrogens is 150 g/mol. The molecule has 1 rings (SSSR count). The molecule has 3 heteroatoms. The fraction of sp³-hybridized carbons (Fsp3) is 1.00. The summed E-state index contributed by atoms with van der Waals surface area (Å²) < 4.78 is 5.46. The average Bonchev–Trinajstić information content (AvgIpc) is 1.88. The van der Waals surface area contributed by atoms with Gasteiger partial charge in [0.05, 0.1) is 12.7 Å². The van der Waals surface area contributed by atoms with E-state index in [-0.39, 0.29) is 0 Å². The number of hydrogen-bond acceptors (Lipinski definition) is 2. The van der Waals surface area contributed by atoms with Crippen molar-refractivity contribution < 1.29 is 4.74 Å². The van der Waals surface area contributed by atoms with E-state index in [2.05, 4.69) is 11.9 Å². The molecule has 0 radical (unpaired) electrons. The molecule has 0 bridgehead atoms. The van der Waals surface area contributed by atoms with Gasteiger partial charge in [0.2, 0.25) is 0 Å². The Morgan fingerprint density at radius 1 is 1.70 bits per heavy atom. The molecule has 0 spiro atoms. The Morgan fingerprint density at radius 2 is 2.50 bits per heavy atom. The summed E-state index contributed by atoms with van der Waals surface area (Å²) in [6.07, 6.45) is 1.35. The van der Waals surface area contributed by atoms with Gasteiger partial charge in [-0.3, -0.25) is 0 Å². The highest BCUT2D eigenvalue weighted by Gasteiger charge is 2.16. The van der Waals surface area contributed by atoms with Crippen LogP contribution in [-0.2, 0) is 4.74 Å². The van der Waals surface area contributed by atoms with Gasteiger partial charge in [0.15, 0.2) is 0 Å². The first-order chi connectivity index (χ1) is 4.83. The Balaban J connectivity index is 2.18. The molecule has 1 aliphatic heterocycles. The zero-order chi connectivity index (χ0) is 7.40. The number of hydrogen-bond donors (Lipinski definition) is 0. The second kappa shape index (κ2) is 4.16. The molecule has 1 atom stereocenters. The van der Waals surface area contributed by atoms with Gasteiger partial charge >= 0.3 is 0 Å². The van der Waals surface area contributed by atoms with Crippen LogP contribution in [0.5, 0.6) is 0 Å². The van der Waals surface area contributed by atoms with E-state index in [1.54, 1.807) is 0 Å². The largest absolute Gasteiger partial charge is 0.376 e. The smallest absolute Gasteiger partial charge is 0.0713 e. The zero-order valence-electron chi connectivity index (χ0n) is 6.35. The van der Waals surface area contributed by atoms with Crippen LogP contribution in [0.2, 0.25) is 0 Å². The molecule has 0 aliphatic carbocycles. The van der Waals surface area contributed by atoms with Crippen LogP contribution in [0.1, 0.15) is 6.42 Å². The Bertz CT molecular complexity index is 97.6. The summed E-state index contributed by atoms with van der Waals surface area (Å²) in [6.45, 7) is 2.95. The lowest BCUT2D eigenvalue weighted by Gasteiger charge is -2.29. The maximum atomic E-state index is 5.58. The average molecular weight is 164 g/mol. The number of nitrogens with zero attached hydrogens (tertiary/aromatic N) is 1. The van der Waals surface area contributed by atoms with Gasteiger partial charge in [-0.1, -0.05) is 0 Å². The molecule has 0 N–H and O–H groups in total. The van der Waals surface area contributed by atoms with E-state index >= 15 is 0 Å². The third-order valence-electron chi connectivity index (χ3n) is 1.77. The second-order valence-electron chi connectivity index (χ2n) is 2.73. The van der Waals surface area contributed by atoms with Crippen LogP contribution >= 0.6 is 11.6 Å². The van der Waals surface area contributed by atoms with Crippen molar-refractivity contribution in [1.82, 2.24) is 4.90 Å². The van der Waals surface area contributed by atoms with Crippen molar-refractivity contribution in [1.29, 1.82) is 0 Å². The lowest BCUT2D eigenvalue weighted by atomic mass is 10.2. The number of likely N-dealkylation sites (N-methyl/N-ethyl adjacent to an activating group) is 1. The predicted molar refractivity (Wildman–Crippen MR) is 42.6 cm³/mol.